The van der Waals surface area contributed by atoms with Crippen molar-refractivity contribution in [2.45, 2.75) is 13.5 Å². The first kappa shape index (κ1) is 13.5. The minimum absolute atomic E-state index is 0.312. The van der Waals surface area contributed by atoms with Crippen LogP contribution in [0.1, 0.15) is 12.7 Å². The molecule has 3 aromatic rings. The largest absolute Gasteiger partial charge is 0.492 e. The summed E-state index contributed by atoms with van der Waals surface area (Å²) in [5, 5.41) is 4.29. The highest BCUT2D eigenvalue weighted by atomic mass is 19.1. The van der Waals surface area contributed by atoms with Crippen molar-refractivity contribution in [2.24, 2.45) is 0 Å². The van der Waals surface area contributed by atoms with E-state index >= 15 is 0 Å². The molecule has 1 N–H and O–H groups in total. The van der Waals surface area contributed by atoms with E-state index < -0.39 is 0 Å². The van der Waals surface area contributed by atoms with Gasteiger partial charge >= 0.3 is 0 Å². The summed E-state index contributed by atoms with van der Waals surface area (Å²) < 4.78 is 24.4. The summed E-state index contributed by atoms with van der Waals surface area (Å²) in [6, 6.07) is 14.3. The lowest BCUT2D eigenvalue weighted by atomic mass is 10.2. The average Bonchev–Trinajstić information content (AvgIpc) is 2.89. The number of hydrogen-bond donors (Lipinski definition) is 1. The molecule has 0 spiro atoms. The standard InChI is InChI=1S/C17H16FNO2/c1-2-20-17-10-13(18)7-8-15(17)19-11-14-9-12-5-3-4-6-16(12)21-14/h3-10,19H,2,11H2,1H3. The fourth-order valence-electron chi connectivity index (χ4n) is 2.22. The average molecular weight is 285 g/mol. The van der Waals surface area contributed by atoms with Crippen LogP contribution in [0.5, 0.6) is 5.75 Å². The number of rotatable bonds is 5. The van der Waals surface area contributed by atoms with E-state index in [-0.39, 0.29) is 5.82 Å². The maximum absolute atomic E-state index is 13.2. The summed E-state index contributed by atoms with van der Waals surface area (Å²) in [7, 11) is 0. The molecule has 0 fully saturated rings. The lowest BCUT2D eigenvalue weighted by Gasteiger charge is -2.11. The van der Waals surface area contributed by atoms with Gasteiger partial charge in [-0.25, -0.2) is 4.39 Å². The molecule has 21 heavy (non-hydrogen) atoms. The van der Waals surface area contributed by atoms with Crippen LogP contribution < -0.4 is 10.1 Å². The predicted molar refractivity (Wildman–Crippen MR) is 81.1 cm³/mol. The molecular weight excluding hydrogens is 269 g/mol. The molecule has 2 aromatic carbocycles. The molecular formula is C17H16FNO2. The molecule has 0 radical (unpaired) electrons. The molecule has 4 heteroatoms. The van der Waals surface area contributed by atoms with Crippen LogP contribution >= 0.6 is 0 Å². The number of anilines is 1. The van der Waals surface area contributed by atoms with Gasteiger partial charge in [0.25, 0.3) is 0 Å². The highest BCUT2D eigenvalue weighted by molar-refractivity contribution is 5.77. The molecule has 0 aliphatic carbocycles. The fourth-order valence-corrected chi connectivity index (χ4v) is 2.22. The molecule has 0 bridgehead atoms. The van der Waals surface area contributed by atoms with Crippen LogP contribution in [0.3, 0.4) is 0 Å². The Bertz CT molecular complexity index is 718. The number of halogens is 1. The molecule has 0 saturated carbocycles. The van der Waals surface area contributed by atoms with Crippen LogP contribution in [0.15, 0.2) is 52.9 Å². The number of para-hydroxylation sites is 1. The van der Waals surface area contributed by atoms with Crippen molar-refractivity contribution < 1.29 is 13.5 Å². The normalized spacial score (nSPS) is 10.8. The van der Waals surface area contributed by atoms with E-state index in [0.29, 0.717) is 18.9 Å². The molecule has 3 rings (SSSR count). The topological polar surface area (TPSA) is 34.4 Å². The van der Waals surface area contributed by atoms with Crippen molar-refractivity contribution >= 4 is 16.7 Å². The SMILES string of the molecule is CCOc1cc(F)ccc1NCc1cc2ccccc2o1. The summed E-state index contributed by atoms with van der Waals surface area (Å²) in [5.74, 6) is 1.02. The molecule has 0 saturated heterocycles. The van der Waals surface area contributed by atoms with Crippen molar-refractivity contribution in [2.75, 3.05) is 11.9 Å². The number of furan rings is 1. The summed E-state index contributed by atoms with van der Waals surface area (Å²) in [5.41, 5.74) is 1.61. The molecule has 1 aromatic heterocycles. The summed E-state index contributed by atoms with van der Waals surface area (Å²) in [6.45, 7) is 2.87. The fraction of sp³-hybridized carbons (Fsp3) is 0.176. The third kappa shape index (κ3) is 2.99. The van der Waals surface area contributed by atoms with Crippen LogP contribution in [0.4, 0.5) is 10.1 Å². The van der Waals surface area contributed by atoms with E-state index in [9.17, 15) is 4.39 Å². The summed E-state index contributed by atoms with van der Waals surface area (Å²) >= 11 is 0. The minimum atomic E-state index is -0.312. The van der Waals surface area contributed by atoms with Gasteiger partial charge in [-0.15, -0.1) is 0 Å². The number of nitrogens with one attached hydrogen (secondary N) is 1. The molecule has 1 heterocycles. The molecule has 0 atom stereocenters. The lowest BCUT2D eigenvalue weighted by Crippen LogP contribution is -2.02. The quantitative estimate of drug-likeness (QED) is 0.745. The summed E-state index contributed by atoms with van der Waals surface area (Å²) in [4.78, 5) is 0. The molecule has 0 aliphatic rings. The summed E-state index contributed by atoms with van der Waals surface area (Å²) in [6.07, 6.45) is 0. The van der Waals surface area contributed by atoms with Crippen molar-refractivity contribution in [3.8, 4) is 5.75 Å². The maximum atomic E-state index is 13.2. The smallest absolute Gasteiger partial charge is 0.145 e. The molecule has 108 valence electrons. The zero-order chi connectivity index (χ0) is 14.7. The van der Waals surface area contributed by atoms with E-state index in [1.165, 1.54) is 12.1 Å². The highest BCUT2D eigenvalue weighted by Crippen LogP contribution is 2.27. The second kappa shape index (κ2) is 5.87. The van der Waals surface area contributed by atoms with E-state index in [0.717, 1.165) is 22.4 Å². The number of benzene rings is 2. The van der Waals surface area contributed by atoms with Gasteiger partial charge in [0, 0.05) is 11.5 Å². The third-order valence-corrected chi connectivity index (χ3v) is 3.17. The van der Waals surface area contributed by atoms with Gasteiger partial charge in [-0.2, -0.15) is 0 Å². The van der Waals surface area contributed by atoms with Crippen LogP contribution in [0, 0.1) is 5.82 Å². The first-order valence-corrected chi connectivity index (χ1v) is 6.90. The van der Waals surface area contributed by atoms with Crippen molar-refractivity contribution in [3.05, 3.63) is 60.1 Å². The van der Waals surface area contributed by atoms with Gasteiger partial charge in [0.1, 0.15) is 22.9 Å². The second-order valence-corrected chi connectivity index (χ2v) is 4.68. The minimum Gasteiger partial charge on any atom is -0.492 e. The van der Waals surface area contributed by atoms with Crippen LogP contribution in [0.2, 0.25) is 0 Å². The Hall–Kier alpha value is -2.49. The van der Waals surface area contributed by atoms with Gasteiger partial charge < -0.3 is 14.5 Å². The Balaban J connectivity index is 1.77. The first-order valence-electron chi connectivity index (χ1n) is 6.90. The molecule has 0 unspecified atom stereocenters. The zero-order valence-corrected chi connectivity index (χ0v) is 11.7. The lowest BCUT2D eigenvalue weighted by molar-refractivity contribution is 0.339. The molecule has 3 nitrogen and oxygen atoms in total. The van der Waals surface area contributed by atoms with Crippen molar-refractivity contribution in [1.29, 1.82) is 0 Å². The maximum Gasteiger partial charge on any atom is 0.145 e. The predicted octanol–water partition coefficient (Wildman–Crippen LogP) is 4.58. The van der Waals surface area contributed by atoms with Crippen LogP contribution in [-0.4, -0.2) is 6.61 Å². The Kier molecular flexibility index (Phi) is 3.77. The van der Waals surface area contributed by atoms with Crippen LogP contribution in [0.25, 0.3) is 11.0 Å². The highest BCUT2D eigenvalue weighted by Gasteiger charge is 2.07. The van der Waals surface area contributed by atoms with Gasteiger partial charge in [-0.05, 0) is 31.2 Å². The van der Waals surface area contributed by atoms with Crippen molar-refractivity contribution in [1.82, 2.24) is 0 Å². The van der Waals surface area contributed by atoms with E-state index in [1.54, 1.807) is 6.07 Å². The van der Waals surface area contributed by atoms with Crippen LogP contribution in [-0.2, 0) is 6.54 Å². The number of hydrogen-bond acceptors (Lipinski definition) is 3. The van der Waals surface area contributed by atoms with Gasteiger partial charge in [0.2, 0.25) is 0 Å². The van der Waals surface area contributed by atoms with E-state index in [4.69, 9.17) is 9.15 Å². The van der Waals surface area contributed by atoms with Gasteiger partial charge in [0.15, 0.2) is 0 Å². The molecule has 0 amide bonds. The second-order valence-electron chi connectivity index (χ2n) is 4.68. The Morgan fingerprint density at radius 2 is 2.00 bits per heavy atom. The molecule has 0 aliphatic heterocycles. The van der Waals surface area contributed by atoms with E-state index in [2.05, 4.69) is 5.32 Å². The Morgan fingerprint density at radius 3 is 2.81 bits per heavy atom. The third-order valence-electron chi connectivity index (χ3n) is 3.17. The zero-order valence-electron chi connectivity index (χ0n) is 11.7. The Morgan fingerprint density at radius 1 is 1.14 bits per heavy atom. The number of fused-ring (bicyclic) bond motifs is 1. The van der Waals surface area contributed by atoms with Crippen molar-refractivity contribution in [3.63, 3.8) is 0 Å². The van der Waals surface area contributed by atoms with Gasteiger partial charge in [-0.3, -0.25) is 0 Å². The van der Waals surface area contributed by atoms with Gasteiger partial charge in [-0.1, -0.05) is 18.2 Å². The Labute approximate surface area is 122 Å². The van der Waals surface area contributed by atoms with Gasteiger partial charge in [0.05, 0.1) is 18.8 Å². The first-order chi connectivity index (χ1) is 10.3. The van der Waals surface area contributed by atoms with E-state index in [1.807, 2.05) is 37.3 Å². The number of ether oxygens (including phenoxy) is 1. The monoisotopic (exact) mass is 285 g/mol.